The van der Waals surface area contributed by atoms with Gasteiger partial charge in [0.25, 0.3) is 0 Å². The van der Waals surface area contributed by atoms with Gasteiger partial charge in [-0.25, -0.2) is 0 Å². The first kappa shape index (κ1) is 19.1. The van der Waals surface area contributed by atoms with Crippen LogP contribution in [0.5, 0.6) is 0 Å². The normalized spacial score (nSPS) is 17.6. The minimum absolute atomic E-state index is 0.534. The lowest BCUT2D eigenvalue weighted by Gasteiger charge is -2.24. The van der Waals surface area contributed by atoms with Crippen molar-refractivity contribution < 1.29 is 0 Å². The average molecular weight is 414 g/mol. The third-order valence-corrected chi connectivity index (χ3v) is 7.05. The second-order valence-corrected chi connectivity index (χ2v) is 8.86. The van der Waals surface area contributed by atoms with Gasteiger partial charge in [-0.3, -0.25) is 0 Å². The highest BCUT2D eigenvalue weighted by atomic mass is 15.1. The van der Waals surface area contributed by atoms with Gasteiger partial charge in [0.1, 0.15) is 0 Å². The Labute approximate surface area is 190 Å². The maximum Gasteiger partial charge on any atom is 0.0409 e. The number of rotatable bonds is 2. The fraction of sp³-hybridized carbons (Fsp3) is 0.161. The molecule has 0 aromatic heterocycles. The summed E-state index contributed by atoms with van der Waals surface area (Å²) < 4.78 is 0. The fourth-order valence-electron chi connectivity index (χ4n) is 5.38. The first-order valence-corrected chi connectivity index (χ1v) is 11.7. The predicted molar refractivity (Wildman–Crippen MR) is 138 cm³/mol. The molecule has 1 unspecified atom stereocenters. The van der Waals surface area contributed by atoms with Gasteiger partial charge in [-0.2, -0.15) is 0 Å². The maximum absolute atomic E-state index is 2.48. The molecule has 0 fully saturated rings. The molecule has 3 heterocycles. The van der Waals surface area contributed by atoms with Gasteiger partial charge in [-0.1, -0.05) is 91.9 Å². The molecule has 7 rings (SSSR count). The summed E-state index contributed by atoms with van der Waals surface area (Å²) in [6.45, 7) is 3.22. The number of nitrogens with zero attached hydrogens (tertiary/aromatic N) is 1. The Kier molecular flexibility index (Phi) is 4.69. The van der Waals surface area contributed by atoms with E-state index < -0.39 is 0 Å². The molecule has 4 aromatic carbocycles. The molecular weight excluding hydrogens is 386 g/mol. The second-order valence-electron chi connectivity index (χ2n) is 8.86. The van der Waals surface area contributed by atoms with Crippen molar-refractivity contribution in [2.45, 2.75) is 25.7 Å². The lowest BCUT2D eigenvalue weighted by atomic mass is 9.83. The molecule has 0 aliphatic carbocycles. The number of hydrogen-bond acceptors (Lipinski definition) is 1. The summed E-state index contributed by atoms with van der Waals surface area (Å²) in [6, 6.07) is 27.0. The lowest BCUT2D eigenvalue weighted by molar-refractivity contribution is 0.555. The zero-order valence-corrected chi connectivity index (χ0v) is 18.5. The Hall–Kier alpha value is -3.58. The van der Waals surface area contributed by atoms with Crippen LogP contribution in [0.4, 0.5) is 0 Å². The minimum atomic E-state index is 0.534. The number of benzene rings is 4. The molecule has 0 amide bonds. The lowest BCUT2D eigenvalue weighted by Crippen LogP contribution is -2.13. The Bertz CT molecular complexity index is 1410. The predicted octanol–water partition coefficient (Wildman–Crippen LogP) is 8.28. The molecule has 0 radical (unpaired) electrons. The van der Waals surface area contributed by atoms with Gasteiger partial charge in [-0.15, -0.1) is 0 Å². The van der Waals surface area contributed by atoms with Gasteiger partial charge < -0.3 is 4.90 Å². The number of allylic oxidation sites excluding steroid dienone is 3. The monoisotopic (exact) mass is 413 g/mol. The van der Waals surface area contributed by atoms with E-state index >= 15 is 0 Å². The van der Waals surface area contributed by atoms with Crippen molar-refractivity contribution in [3.8, 4) is 11.1 Å². The molecule has 0 saturated carbocycles. The van der Waals surface area contributed by atoms with E-state index in [0.29, 0.717) is 5.92 Å². The van der Waals surface area contributed by atoms with E-state index in [1.54, 1.807) is 0 Å². The van der Waals surface area contributed by atoms with Crippen LogP contribution in [0, 0.1) is 0 Å². The molecule has 0 saturated heterocycles. The standard InChI is InChI=1S/C31H27N/c1-2-22-11-8-18-32-19-16-24(17-20-32)31-27-13-7-6-12-26(27)30(23-9-4-3-5-10-23)28-15-14-25(22)21-29(28)31/h3-10,12-19,21-22H,2,11,20H2,1H3. The molecule has 1 nitrogen and oxygen atoms in total. The SMILES string of the molecule is CCC1CC=CN2C=CC(=CC2)c2c3ccccc3c(-c3ccccc3)c3ccc1cc23. The van der Waals surface area contributed by atoms with Crippen LogP contribution < -0.4 is 0 Å². The molecule has 32 heavy (non-hydrogen) atoms. The number of fused-ring (bicyclic) bond motifs is 4. The summed E-state index contributed by atoms with van der Waals surface area (Å²) in [4.78, 5) is 2.28. The highest BCUT2D eigenvalue weighted by Crippen LogP contribution is 2.43. The van der Waals surface area contributed by atoms with Gasteiger partial charge in [0, 0.05) is 12.7 Å². The van der Waals surface area contributed by atoms with E-state index in [1.807, 2.05) is 0 Å². The molecule has 4 aromatic rings. The molecule has 3 aliphatic heterocycles. The Morgan fingerprint density at radius 3 is 2.28 bits per heavy atom. The highest BCUT2D eigenvalue weighted by Gasteiger charge is 2.20. The largest absolute Gasteiger partial charge is 0.351 e. The molecule has 156 valence electrons. The zero-order valence-electron chi connectivity index (χ0n) is 18.5. The molecule has 0 N–H and O–H groups in total. The Morgan fingerprint density at radius 1 is 0.781 bits per heavy atom. The smallest absolute Gasteiger partial charge is 0.0409 e. The van der Waals surface area contributed by atoms with E-state index in [2.05, 4.69) is 115 Å². The van der Waals surface area contributed by atoms with Crippen molar-refractivity contribution >= 4 is 27.1 Å². The van der Waals surface area contributed by atoms with Gasteiger partial charge in [0.15, 0.2) is 0 Å². The average Bonchev–Trinajstić information content (AvgIpc) is 2.85. The summed E-state index contributed by atoms with van der Waals surface area (Å²) in [6.07, 6.45) is 13.7. The van der Waals surface area contributed by atoms with Gasteiger partial charge in [-0.05, 0) is 80.4 Å². The van der Waals surface area contributed by atoms with E-state index in [-0.39, 0.29) is 0 Å². The van der Waals surface area contributed by atoms with Crippen molar-refractivity contribution in [1.82, 2.24) is 4.90 Å². The molecule has 0 spiro atoms. The summed E-state index contributed by atoms with van der Waals surface area (Å²) >= 11 is 0. The van der Waals surface area contributed by atoms with E-state index in [9.17, 15) is 0 Å². The zero-order chi connectivity index (χ0) is 21.5. The van der Waals surface area contributed by atoms with Gasteiger partial charge in [0.2, 0.25) is 0 Å². The van der Waals surface area contributed by atoms with Gasteiger partial charge >= 0.3 is 0 Å². The van der Waals surface area contributed by atoms with Crippen LogP contribution >= 0.6 is 0 Å². The van der Waals surface area contributed by atoms with Crippen LogP contribution in [0.1, 0.15) is 36.8 Å². The number of hydrogen-bond donors (Lipinski definition) is 0. The molecule has 3 aliphatic rings. The summed E-state index contributed by atoms with van der Waals surface area (Å²) in [5, 5.41) is 5.37. The summed E-state index contributed by atoms with van der Waals surface area (Å²) in [5.41, 5.74) is 6.75. The van der Waals surface area contributed by atoms with E-state index in [0.717, 1.165) is 19.4 Å². The summed E-state index contributed by atoms with van der Waals surface area (Å²) in [5.74, 6) is 0.534. The third-order valence-electron chi connectivity index (χ3n) is 7.05. The first-order valence-electron chi connectivity index (χ1n) is 11.7. The first-order chi connectivity index (χ1) is 15.8. The van der Waals surface area contributed by atoms with Gasteiger partial charge in [0.05, 0.1) is 0 Å². The Balaban J connectivity index is 1.78. The molecular formula is C31H27N. The second kappa shape index (κ2) is 7.84. The van der Waals surface area contributed by atoms with Crippen molar-refractivity contribution in [3.63, 3.8) is 0 Å². The maximum atomic E-state index is 2.48. The Morgan fingerprint density at radius 2 is 1.53 bits per heavy atom. The van der Waals surface area contributed by atoms with E-state index in [1.165, 1.54) is 49.4 Å². The fourth-order valence-corrected chi connectivity index (χ4v) is 5.38. The van der Waals surface area contributed by atoms with E-state index in [4.69, 9.17) is 0 Å². The molecule has 4 bridgehead atoms. The van der Waals surface area contributed by atoms with Crippen molar-refractivity contribution in [2.24, 2.45) is 0 Å². The van der Waals surface area contributed by atoms with Crippen LogP contribution in [0.25, 0.3) is 38.2 Å². The van der Waals surface area contributed by atoms with Crippen LogP contribution in [-0.4, -0.2) is 11.4 Å². The molecule has 1 heteroatoms. The quantitative estimate of drug-likeness (QED) is 0.299. The summed E-state index contributed by atoms with van der Waals surface area (Å²) in [7, 11) is 0. The van der Waals surface area contributed by atoms with Crippen molar-refractivity contribution in [3.05, 3.63) is 115 Å². The van der Waals surface area contributed by atoms with Crippen molar-refractivity contribution in [1.29, 1.82) is 0 Å². The highest BCUT2D eigenvalue weighted by molar-refractivity contribution is 6.19. The minimum Gasteiger partial charge on any atom is -0.351 e. The van der Waals surface area contributed by atoms with Crippen molar-refractivity contribution in [2.75, 3.05) is 6.54 Å². The third kappa shape index (κ3) is 3.08. The van der Waals surface area contributed by atoms with Crippen LogP contribution in [0.15, 0.2) is 103 Å². The van der Waals surface area contributed by atoms with Crippen LogP contribution in [0.3, 0.4) is 0 Å². The topological polar surface area (TPSA) is 3.24 Å². The van der Waals surface area contributed by atoms with Crippen LogP contribution in [-0.2, 0) is 0 Å². The van der Waals surface area contributed by atoms with Crippen LogP contribution in [0.2, 0.25) is 0 Å². The molecule has 1 atom stereocenters.